The Morgan fingerprint density at radius 1 is 0.500 bits per heavy atom. The van der Waals surface area contributed by atoms with E-state index in [0.29, 0.717) is 26.2 Å². The summed E-state index contributed by atoms with van der Waals surface area (Å²) in [5, 5.41) is 27.1. The molecule has 3 heterocycles. The normalized spacial score (nSPS) is 16.7. The first-order chi connectivity index (χ1) is 20.4. The van der Waals surface area contributed by atoms with Gasteiger partial charge < -0.3 is 19.3 Å². The third kappa shape index (κ3) is 5.41. The molecular weight excluding hydrogens is 656 g/mol. The number of halogens is 2. The Balaban J connectivity index is 0.973. The van der Waals surface area contributed by atoms with Gasteiger partial charge in [-0.2, -0.15) is 0 Å². The van der Waals surface area contributed by atoms with E-state index in [-0.39, 0.29) is 0 Å². The smallest absolute Gasteiger partial charge is 0.0845 e. The number of para-hydroxylation sites is 2. The zero-order valence-corrected chi connectivity index (χ0v) is 26.5. The quantitative estimate of drug-likeness (QED) is 0.193. The van der Waals surface area contributed by atoms with Gasteiger partial charge in [-0.05, 0) is 48.5 Å². The minimum Gasteiger partial charge on any atom is -0.390 e. The van der Waals surface area contributed by atoms with E-state index in [1.54, 1.807) is 0 Å². The number of aromatic nitrogens is 2. The van der Waals surface area contributed by atoms with Crippen LogP contribution in [0.15, 0.2) is 93.9 Å². The van der Waals surface area contributed by atoms with Crippen LogP contribution in [0.4, 0.5) is 0 Å². The molecule has 0 amide bonds. The van der Waals surface area contributed by atoms with E-state index in [4.69, 9.17) is 0 Å². The molecule has 2 N–H and O–H groups in total. The number of aliphatic hydroxyl groups is 2. The molecule has 2 atom stereocenters. The molecule has 0 bridgehead atoms. The van der Waals surface area contributed by atoms with Crippen LogP contribution in [-0.2, 0) is 13.1 Å². The molecular formula is C34H34Br2N4O2. The van der Waals surface area contributed by atoms with Crippen molar-refractivity contribution in [2.75, 3.05) is 39.3 Å². The molecule has 8 heteroatoms. The number of β-amino-alcohol motifs (C(OH)–C–C–N with tert-alkyl or cyclic N) is 2. The van der Waals surface area contributed by atoms with Crippen molar-refractivity contribution in [2.24, 2.45) is 0 Å². The highest BCUT2D eigenvalue weighted by Gasteiger charge is 2.23. The van der Waals surface area contributed by atoms with Crippen LogP contribution in [0.5, 0.6) is 0 Å². The molecule has 216 valence electrons. The van der Waals surface area contributed by atoms with E-state index in [1.165, 1.54) is 21.5 Å². The second-order valence-electron chi connectivity index (χ2n) is 11.5. The Bertz CT molecular complexity index is 1750. The molecule has 0 saturated carbocycles. The number of hydrogen-bond acceptors (Lipinski definition) is 4. The number of piperazine rings is 1. The maximum Gasteiger partial charge on any atom is 0.0845 e. The molecule has 7 rings (SSSR count). The van der Waals surface area contributed by atoms with E-state index >= 15 is 0 Å². The molecule has 4 aromatic carbocycles. The fourth-order valence-electron chi connectivity index (χ4n) is 6.73. The average Bonchev–Trinajstić information content (AvgIpc) is 3.46. The van der Waals surface area contributed by atoms with Crippen LogP contribution in [0.1, 0.15) is 0 Å². The van der Waals surface area contributed by atoms with E-state index in [0.717, 1.165) is 57.2 Å². The lowest BCUT2D eigenvalue weighted by Crippen LogP contribution is -2.50. The van der Waals surface area contributed by atoms with Crippen LogP contribution < -0.4 is 0 Å². The van der Waals surface area contributed by atoms with Crippen LogP contribution in [-0.4, -0.2) is 80.6 Å². The number of aliphatic hydroxyl groups excluding tert-OH is 2. The number of fused-ring (bicyclic) bond motifs is 6. The van der Waals surface area contributed by atoms with Crippen LogP contribution in [0.25, 0.3) is 43.6 Å². The summed E-state index contributed by atoms with van der Waals surface area (Å²) in [7, 11) is 0. The van der Waals surface area contributed by atoms with Crippen molar-refractivity contribution in [3.63, 3.8) is 0 Å². The van der Waals surface area contributed by atoms with Gasteiger partial charge in [0, 0.05) is 91.8 Å². The maximum absolute atomic E-state index is 11.2. The molecule has 6 nitrogen and oxygen atoms in total. The lowest BCUT2D eigenvalue weighted by Gasteiger charge is -2.36. The highest BCUT2D eigenvalue weighted by molar-refractivity contribution is 9.10. The first-order valence-corrected chi connectivity index (χ1v) is 16.2. The highest BCUT2D eigenvalue weighted by Crippen LogP contribution is 2.32. The third-order valence-corrected chi connectivity index (χ3v) is 9.64. The third-order valence-electron chi connectivity index (χ3n) is 8.66. The Morgan fingerprint density at radius 3 is 1.31 bits per heavy atom. The summed E-state index contributed by atoms with van der Waals surface area (Å²) in [6.07, 6.45) is -0.944. The van der Waals surface area contributed by atoms with Gasteiger partial charge in [0.05, 0.1) is 25.3 Å². The number of rotatable bonds is 8. The molecule has 2 aromatic heterocycles. The van der Waals surface area contributed by atoms with Crippen molar-refractivity contribution in [3.05, 3.63) is 93.9 Å². The maximum atomic E-state index is 11.2. The van der Waals surface area contributed by atoms with Gasteiger partial charge in [-0.3, -0.25) is 9.80 Å². The van der Waals surface area contributed by atoms with Crippen LogP contribution >= 0.6 is 31.9 Å². The molecule has 0 radical (unpaired) electrons. The Hall–Kier alpha value is -2.72. The predicted octanol–water partition coefficient (Wildman–Crippen LogP) is 6.47. The van der Waals surface area contributed by atoms with Gasteiger partial charge in [-0.15, -0.1) is 0 Å². The van der Waals surface area contributed by atoms with E-state index < -0.39 is 12.2 Å². The van der Waals surface area contributed by atoms with Crippen molar-refractivity contribution >= 4 is 75.5 Å². The van der Waals surface area contributed by atoms with Crippen LogP contribution in [0.3, 0.4) is 0 Å². The number of benzene rings is 4. The predicted molar refractivity (Wildman–Crippen MR) is 179 cm³/mol. The molecule has 1 fully saturated rings. The lowest BCUT2D eigenvalue weighted by atomic mass is 10.2. The Kier molecular flexibility index (Phi) is 7.86. The fourth-order valence-corrected chi connectivity index (χ4v) is 7.45. The summed E-state index contributed by atoms with van der Waals surface area (Å²) in [6.45, 7) is 5.91. The monoisotopic (exact) mass is 688 g/mol. The molecule has 1 aliphatic heterocycles. The topological polar surface area (TPSA) is 56.8 Å². The second-order valence-corrected chi connectivity index (χ2v) is 13.3. The van der Waals surface area contributed by atoms with Crippen LogP contribution in [0, 0.1) is 0 Å². The molecule has 42 heavy (non-hydrogen) atoms. The summed E-state index contributed by atoms with van der Waals surface area (Å²) in [5.74, 6) is 0. The van der Waals surface area contributed by atoms with Crippen molar-refractivity contribution in [1.29, 1.82) is 0 Å². The molecule has 1 aliphatic rings. The SMILES string of the molecule is OC(CN1CCN(CC(O)Cn2c3ccccc3c3cc(Br)ccc32)CC1)Cn1c2ccccc2c2cc(Br)ccc21. The molecule has 2 unspecified atom stereocenters. The number of nitrogens with zero attached hydrogens (tertiary/aromatic N) is 4. The van der Waals surface area contributed by atoms with Crippen molar-refractivity contribution in [2.45, 2.75) is 25.3 Å². The van der Waals surface area contributed by atoms with E-state index in [1.807, 2.05) is 0 Å². The lowest BCUT2D eigenvalue weighted by molar-refractivity contribution is 0.0415. The van der Waals surface area contributed by atoms with E-state index in [9.17, 15) is 10.2 Å². The Morgan fingerprint density at radius 2 is 0.881 bits per heavy atom. The summed E-state index contributed by atoms with van der Waals surface area (Å²) in [4.78, 5) is 4.70. The molecule has 1 saturated heterocycles. The molecule has 6 aromatic rings. The summed E-state index contributed by atoms with van der Waals surface area (Å²) >= 11 is 7.22. The van der Waals surface area contributed by atoms with Gasteiger partial charge in [0.15, 0.2) is 0 Å². The van der Waals surface area contributed by atoms with Crippen LogP contribution in [0.2, 0.25) is 0 Å². The van der Waals surface area contributed by atoms with Crippen molar-refractivity contribution < 1.29 is 10.2 Å². The highest BCUT2D eigenvalue weighted by atomic mass is 79.9. The van der Waals surface area contributed by atoms with Gasteiger partial charge >= 0.3 is 0 Å². The van der Waals surface area contributed by atoms with Gasteiger partial charge in [0.1, 0.15) is 0 Å². The summed E-state index contributed by atoms with van der Waals surface area (Å²) < 4.78 is 6.62. The van der Waals surface area contributed by atoms with Gasteiger partial charge in [0.25, 0.3) is 0 Å². The largest absolute Gasteiger partial charge is 0.390 e. The van der Waals surface area contributed by atoms with Gasteiger partial charge in [-0.1, -0.05) is 68.3 Å². The summed E-state index contributed by atoms with van der Waals surface area (Å²) in [5.41, 5.74) is 4.60. The minimum atomic E-state index is -0.472. The Labute approximate surface area is 262 Å². The van der Waals surface area contributed by atoms with Gasteiger partial charge in [-0.25, -0.2) is 0 Å². The fraction of sp³-hybridized carbons (Fsp3) is 0.294. The van der Waals surface area contributed by atoms with Crippen molar-refractivity contribution in [1.82, 2.24) is 18.9 Å². The first-order valence-electron chi connectivity index (χ1n) is 14.6. The zero-order chi connectivity index (χ0) is 28.8. The molecule has 0 aliphatic carbocycles. The standard InChI is InChI=1S/C34H34Br2N4O2/c35-23-9-11-33-29(17-23)27-5-1-3-7-31(27)39(33)21-25(41)19-37-13-15-38(16-14-37)20-26(42)22-40-32-8-4-2-6-28(32)30-18-24(36)10-12-34(30)40/h1-12,17-18,25-26,41-42H,13-16,19-22H2. The first kappa shape index (κ1) is 28.1. The second kappa shape index (κ2) is 11.8. The zero-order valence-electron chi connectivity index (χ0n) is 23.3. The number of hydrogen-bond donors (Lipinski definition) is 2. The summed E-state index contributed by atoms with van der Waals surface area (Å²) in [6, 6.07) is 29.6. The minimum absolute atomic E-state index is 0.472. The molecule has 0 spiro atoms. The van der Waals surface area contributed by atoms with Crippen molar-refractivity contribution in [3.8, 4) is 0 Å². The van der Waals surface area contributed by atoms with Gasteiger partial charge in [0.2, 0.25) is 0 Å². The van der Waals surface area contributed by atoms with E-state index in [2.05, 4.69) is 136 Å². The average molecular weight is 690 g/mol.